The summed E-state index contributed by atoms with van der Waals surface area (Å²) in [7, 11) is 0. The Balaban J connectivity index is 2.17. The second kappa shape index (κ2) is 4.81. The van der Waals surface area contributed by atoms with Crippen LogP contribution in [-0.2, 0) is 9.53 Å². The number of hydrogen-bond donors (Lipinski definition) is 1. The van der Waals surface area contributed by atoms with Gasteiger partial charge in [-0.25, -0.2) is 4.79 Å². The molecule has 0 radical (unpaired) electrons. The van der Waals surface area contributed by atoms with E-state index in [1.165, 1.54) is 4.90 Å². The molecule has 1 rings (SSSR count). The number of likely N-dealkylation sites (tertiary alicyclic amines) is 1. The number of hydrogen-bond acceptors (Lipinski definition) is 3. The highest BCUT2D eigenvalue weighted by molar-refractivity contribution is 5.65. The second-order valence-corrected chi connectivity index (χ2v) is 3.09. The van der Waals surface area contributed by atoms with Crippen LogP contribution in [0.1, 0.15) is 6.42 Å². The number of carboxylic acid groups (broad SMARTS) is 1. The number of aldehydes is 1. The van der Waals surface area contributed by atoms with Crippen LogP contribution in [0, 0.1) is 5.92 Å². The number of carbonyl (C=O) groups excluding carboxylic acids is 1. The van der Waals surface area contributed by atoms with E-state index in [1.54, 1.807) is 0 Å². The van der Waals surface area contributed by atoms with E-state index in [0.29, 0.717) is 26.0 Å². The summed E-state index contributed by atoms with van der Waals surface area (Å²) < 4.78 is 5.01. The van der Waals surface area contributed by atoms with Gasteiger partial charge in [0.05, 0.1) is 6.61 Å². The van der Waals surface area contributed by atoms with Crippen LogP contribution in [0.5, 0.6) is 0 Å². The van der Waals surface area contributed by atoms with Gasteiger partial charge in [-0.2, -0.15) is 0 Å². The van der Waals surface area contributed by atoms with Gasteiger partial charge in [0.1, 0.15) is 12.9 Å². The standard InChI is InChI=1S/C8H13NO4/c10-3-4-13-6-7-1-2-9(5-7)8(11)12/h3,7H,1-2,4-6H2,(H,11,12). The first-order valence-corrected chi connectivity index (χ1v) is 4.23. The monoisotopic (exact) mass is 187 g/mol. The highest BCUT2D eigenvalue weighted by Crippen LogP contribution is 2.15. The molecule has 1 aliphatic rings. The van der Waals surface area contributed by atoms with Gasteiger partial charge in [0, 0.05) is 19.0 Å². The molecular weight excluding hydrogens is 174 g/mol. The number of amides is 1. The molecule has 1 unspecified atom stereocenters. The molecular formula is C8H13NO4. The maximum atomic E-state index is 10.5. The molecule has 1 amide bonds. The third-order valence-electron chi connectivity index (χ3n) is 2.10. The van der Waals surface area contributed by atoms with Crippen molar-refractivity contribution in [1.82, 2.24) is 4.90 Å². The molecule has 0 saturated carbocycles. The normalized spacial score (nSPS) is 21.8. The maximum Gasteiger partial charge on any atom is 0.407 e. The molecule has 1 aliphatic heterocycles. The summed E-state index contributed by atoms with van der Waals surface area (Å²) in [6.45, 7) is 1.67. The van der Waals surface area contributed by atoms with Gasteiger partial charge < -0.3 is 19.5 Å². The van der Waals surface area contributed by atoms with E-state index < -0.39 is 6.09 Å². The first-order chi connectivity index (χ1) is 6.24. The smallest absolute Gasteiger partial charge is 0.407 e. The molecule has 1 saturated heterocycles. The molecule has 0 aromatic carbocycles. The van der Waals surface area contributed by atoms with Crippen LogP contribution in [-0.4, -0.2) is 48.7 Å². The Labute approximate surface area is 76.3 Å². The molecule has 74 valence electrons. The van der Waals surface area contributed by atoms with Crippen LogP contribution in [0.4, 0.5) is 4.79 Å². The van der Waals surface area contributed by atoms with Crippen molar-refractivity contribution >= 4 is 12.4 Å². The van der Waals surface area contributed by atoms with Crippen LogP contribution < -0.4 is 0 Å². The molecule has 5 heteroatoms. The molecule has 0 aromatic heterocycles. The summed E-state index contributed by atoms with van der Waals surface area (Å²) in [5.74, 6) is 0.246. The van der Waals surface area contributed by atoms with E-state index in [1.807, 2.05) is 0 Å². The van der Waals surface area contributed by atoms with Crippen molar-refractivity contribution in [2.75, 3.05) is 26.3 Å². The summed E-state index contributed by atoms with van der Waals surface area (Å²) in [5.41, 5.74) is 0. The lowest BCUT2D eigenvalue weighted by atomic mass is 10.1. The van der Waals surface area contributed by atoms with E-state index in [0.717, 1.165) is 6.42 Å². The van der Waals surface area contributed by atoms with Crippen LogP contribution in [0.25, 0.3) is 0 Å². The molecule has 1 N–H and O–H groups in total. The van der Waals surface area contributed by atoms with Gasteiger partial charge in [-0.1, -0.05) is 0 Å². The van der Waals surface area contributed by atoms with E-state index in [-0.39, 0.29) is 12.5 Å². The SMILES string of the molecule is O=CCOCC1CCN(C(=O)O)C1. The van der Waals surface area contributed by atoms with Gasteiger partial charge in [0.25, 0.3) is 0 Å². The third kappa shape index (κ3) is 3.02. The van der Waals surface area contributed by atoms with Gasteiger partial charge in [-0.3, -0.25) is 0 Å². The zero-order chi connectivity index (χ0) is 9.68. The van der Waals surface area contributed by atoms with Crippen LogP contribution in [0.3, 0.4) is 0 Å². The zero-order valence-electron chi connectivity index (χ0n) is 7.31. The molecule has 0 spiro atoms. The lowest BCUT2D eigenvalue weighted by molar-refractivity contribution is -0.112. The first-order valence-electron chi connectivity index (χ1n) is 4.23. The second-order valence-electron chi connectivity index (χ2n) is 3.09. The van der Waals surface area contributed by atoms with Crippen molar-refractivity contribution in [2.24, 2.45) is 5.92 Å². The van der Waals surface area contributed by atoms with E-state index in [2.05, 4.69) is 0 Å². The fourth-order valence-electron chi connectivity index (χ4n) is 1.43. The molecule has 1 heterocycles. The van der Waals surface area contributed by atoms with Crippen molar-refractivity contribution in [3.05, 3.63) is 0 Å². The average molecular weight is 187 g/mol. The largest absolute Gasteiger partial charge is 0.465 e. The van der Waals surface area contributed by atoms with Crippen LogP contribution >= 0.6 is 0 Å². The lowest BCUT2D eigenvalue weighted by Gasteiger charge is -2.11. The summed E-state index contributed by atoms with van der Waals surface area (Å²) in [6.07, 6.45) is 0.646. The summed E-state index contributed by atoms with van der Waals surface area (Å²) in [6, 6.07) is 0. The number of ether oxygens (including phenoxy) is 1. The predicted molar refractivity (Wildman–Crippen MR) is 44.6 cm³/mol. The van der Waals surface area contributed by atoms with Crippen molar-refractivity contribution in [3.8, 4) is 0 Å². The van der Waals surface area contributed by atoms with Crippen molar-refractivity contribution < 1.29 is 19.4 Å². The molecule has 5 nitrogen and oxygen atoms in total. The Morgan fingerprint density at radius 2 is 2.46 bits per heavy atom. The number of rotatable bonds is 4. The molecule has 13 heavy (non-hydrogen) atoms. The fourth-order valence-corrected chi connectivity index (χ4v) is 1.43. The Bertz CT molecular complexity index is 195. The summed E-state index contributed by atoms with van der Waals surface area (Å²) >= 11 is 0. The molecule has 0 aliphatic carbocycles. The minimum atomic E-state index is -0.877. The fraction of sp³-hybridized carbons (Fsp3) is 0.750. The van der Waals surface area contributed by atoms with Gasteiger partial charge in [-0.05, 0) is 6.42 Å². The quantitative estimate of drug-likeness (QED) is 0.504. The maximum absolute atomic E-state index is 10.5. The van der Waals surface area contributed by atoms with Gasteiger partial charge >= 0.3 is 6.09 Å². The third-order valence-corrected chi connectivity index (χ3v) is 2.10. The molecule has 0 aromatic rings. The Kier molecular flexibility index (Phi) is 3.70. The topological polar surface area (TPSA) is 66.8 Å². The Hall–Kier alpha value is -1.10. The van der Waals surface area contributed by atoms with Crippen LogP contribution in [0.15, 0.2) is 0 Å². The summed E-state index contributed by atoms with van der Waals surface area (Å²) in [4.78, 5) is 21.8. The van der Waals surface area contributed by atoms with Crippen molar-refractivity contribution in [1.29, 1.82) is 0 Å². The minimum absolute atomic E-state index is 0.101. The van der Waals surface area contributed by atoms with Crippen molar-refractivity contribution in [2.45, 2.75) is 6.42 Å². The highest BCUT2D eigenvalue weighted by atomic mass is 16.5. The minimum Gasteiger partial charge on any atom is -0.465 e. The Morgan fingerprint density at radius 1 is 1.69 bits per heavy atom. The van der Waals surface area contributed by atoms with E-state index in [9.17, 15) is 9.59 Å². The van der Waals surface area contributed by atoms with Crippen molar-refractivity contribution in [3.63, 3.8) is 0 Å². The Morgan fingerprint density at radius 3 is 3.00 bits per heavy atom. The summed E-state index contributed by atoms with van der Waals surface area (Å²) in [5, 5.41) is 8.63. The highest BCUT2D eigenvalue weighted by Gasteiger charge is 2.25. The zero-order valence-corrected chi connectivity index (χ0v) is 7.31. The molecule has 1 atom stereocenters. The number of nitrogens with zero attached hydrogens (tertiary/aromatic N) is 1. The van der Waals surface area contributed by atoms with Gasteiger partial charge in [0.2, 0.25) is 0 Å². The number of carbonyl (C=O) groups is 2. The van der Waals surface area contributed by atoms with Gasteiger partial charge in [0.15, 0.2) is 0 Å². The lowest BCUT2D eigenvalue weighted by Crippen LogP contribution is -2.27. The van der Waals surface area contributed by atoms with E-state index in [4.69, 9.17) is 9.84 Å². The first kappa shape index (κ1) is 9.98. The average Bonchev–Trinajstić information content (AvgIpc) is 2.53. The predicted octanol–water partition coefficient (Wildman–Crippen LogP) is 0.202. The molecule has 0 bridgehead atoms. The molecule has 1 fully saturated rings. The van der Waals surface area contributed by atoms with Gasteiger partial charge in [-0.15, -0.1) is 0 Å². The van der Waals surface area contributed by atoms with E-state index >= 15 is 0 Å². The van der Waals surface area contributed by atoms with Crippen LogP contribution in [0.2, 0.25) is 0 Å².